The molecule has 0 aliphatic carbocycles. The Balaban J connectivity index is 2.87. The molecule has 0 spiro atoms. The minimum Gasteiger partial charge on any atom is -0.233 e. The van der Waals surface area contributed by atoms with Crippen LogP contribution in [0.3, 0.4) is 0 Å². The molecule has 0 atom stereocenters. The first-order valence-electron chi connectivity index (χ1n) is 3.34. The Bertz CT molecular complexity index is 437. The Kier molecular flexibility index (Phi) is 1.75. The van der Waals surface area contributed by atoms with Gasteiger partial charge in [0.2, 0.25) is 0 Å². The molecule has 0 saturated carbocycles. The van der Waals surface area contributed by atoms with Crippen LogP contribution in [0.5, 0.6) is 0 Å². The number of nitrogens with zero attached hydrogens (tertiary/aromatic N) is 3. The maximum Gasteiger partial charge on any atom is 0.168 e. The quantitative estimate of drug-likeness (QED) is 0.687. The highest BCUT2D eigenvalue weighted by molar-refractivity contribution is 14.1. The Morgan fingerprint density at radius 1 is 1.58 bits per heavy atom. The summed E-state index contributed by atoms with van der Waals surface area (Å²) in [5, 5.41) is 4.08. The topological polar surface area (TPSA) is 30.2 Å². The number of hydrogen-bond donors (Lipinski definition) is 0. The average Bonchev–Trinajstić information content (AvgIpc) is 2.28. The molecule has 0 N–H and O–H groups in total. The number of halogens is 2. The molecule has 2 heterocycles. The minimum absolute atomic E-state index is 0.374. The van der Waals surface area contributed by atoms with Gasteiger partial charge in [0, 0.05) is 0 Å². The zero-order valence-corrected chi connectivity index (χ0v) is 8.41. The van der Waals surface area contributed by atoms with Gasteiger partial charge in [-0.2, -0.15) is 5.10 Å². The van der Waals surface area contributed by atoms with Crippen LogP contribution in [0.2, 0.25) is 0 Å². The predicted octanol–water partition coefficient (Wildman–Crippen LogP) is 1.78. The van der Waals surface area contributed by atoms with Gasteiger partial charge in [-0.15, -0.1) is 0 Å². The lowest BCUT2D eigenvalue weighted by atomic mass is 10.5. The van der Waals surface area contributed by atoms with Gasteiger partial charge in [-0.05, 0) is 29.5 Å². The first-order chi connectivity index (χ1) is 5.68. The second kappa shape index (κ2) is 2.65. The summed E-state index contributed by atoms with van der Waals surface area (Å²) in [6.07, 6.45) is 2.51. The zero-order chi connectivity index (χ0) is 8.72. The number of fused-ring (bicyclic) bond motifs is 1. The van der Waals surface area contributed by atoms with Crippen LogP contribution in [-0.2, 0) is 0 Å². The van der Waals surface area contributed by atoms with Crippen molar-refractivity contribution in [3.05, 3.63) is 27.5 Å². The van der Waals surface area contributed by atoms with Crippen LogP contribution >= 0.6 is 22.6 Å². The van der Waals surface area contributed by atoms with Crippen LogP contribution in [0.25, 0.3) is 5.65 Å². The lowest BCUT2D eigenvalue weighted by molar-refractivity contribution is 0.606. The molecule has 2 rings (SSSR count). The SMILES string of the molecule is Cc1nn2cc(F)cnc2c1I. The van der Waals surface area contributed by atoms with E-state index in [1.807, 2.05) is 6.92 Å². The van der Waals surface area contributed by atoms with Gasteiger partial charge in [-0.3, -0.25) is 0 Å². The Hall–Kier alpha value is -0.720. The summed E-state index contributed by atoms with van der Waals surface area (Å²) in [6.45, 7) is 1.87. The third kappa shape index (κ3) is 1.08. The van der Waals surface area contributed by atoms with Crippen molar-refractivity contribution in [1.82, 2.24) is 14.6 Å². The lowest BCUT2D eigenvalue weighted by Crippen LogP contribution is -1.91. The molecule has 2 aromatic rings. The Morgan fingerprint density at radius 2 is 2.33 bits per heavy atom. The maximum atomic E-state index is 12.7. The Morgan fingerprint density at radius 3 is 3.08 bits per heavy atom. The van der Waals surface area contributed by atoms with E-state index in [1.54, 1.807) is 0 Å². The molecule has 0 unspecified atom stereocenters. The van der Waals surface area contributed by atoms with Crippen molar-refractivity contribution in [2.75, 3.05) is 0 Å². The van der Waals surface area contributed by atoms with Crippen LogP contribution in [0.4, 0.5) is 4.39 Å². The molecule has 0 aromatic carbocycles. The molecule has 0 aliphatic rings. The van der Waals surface area contributed by atoms with Crippen LogP contribution < -0.4 is 0 Å². The third-order valence-electron chi connectivity index (χ3n) is 1.54. The fourth-order valence-corrected chi connectivity index (χ4v) is 1.49. The van der Waals surface area contributed by atoms with Crippen LogP contribution in [-0.4, -0.2) is 14.6 Å². The molecular formula is C7H5FIN3. The number of hydrogen-bond acceptors (Lipinski definition) is 2. The summed E-state index contributed by atoms with van der Waals surface area (Å²) >= 11 is 2.14. The van der Waals surface area contributed by atoms with E-state index in [-0.39, 0.29) is 5.82 Å². The van der Waals surface area contributed by atoms with Gasteiger partial charge in [0.15, 0.2) is 11.5 Å². The highest BCUT2D eigenvalue weighted by atomic mass is 127. The van der Waals surface area contributed by atoms with Gasteiger partial charge >= 0.3 is 0 Å². The first kappa shape index (κ1) is 7.90. The zero-order valence-electron chi connectivity index (χ0n) is 6.25. The van der Waals surface area contributed by atoms with Gasteiger partial charge in [-0.1, -0.05) is 0 Å². The highest BCUT2D eigenvalue weighted by Crippen LogP contribution is 2.14. The van der Waals surface area contributed by atoms with Gasteiger partial charge in [0.25, 0.3) is 0 Å². The fourth-order valence-electron chi connectivity index (χ4n) is 0.994. The molecule has 2 aromatic heterocycles. The van der Waals surface area contributed by atoms with Gasteiger partial charge in [0.1, 0.15) is 0 Å². The standard InChI is InChI=1S/C7H5FIN3/c1-4-6(9)7-10-2-5(8)3-12(7)11-4/h2-3H,1H3. The van der Waals surface area contributed by atoms with Crippen LogP contribution in [0.15, 0.2) is 12.4 Å². The molecule has 12 heavy (non-hydrogen) atoms. The molecule has 0 aliphatic heterocycles. The summed E-state index contributed by atoms with van der Waals surface area (Å²) in [5.41, 5.74) is 1.57. The normalized spacial score (nSPS) is 10.9. The molecule has 0 fully saturated rings. The average molecular weight is 277 g/mol. The van der Waals surface area contributed by atoms with Crippen LogP contribution in [0, 0.1) is 16.3 Å². The van der Waals surface area contributed by atoms with Crippen molar-refractivity contribution in [2.24, 2.45) is 0 Å². The molecular weight excluding hydrogens is 272 g/mol. The molecule has 3 nitrogen and oxygen atoms in total. The lowest BCUT2D eigenvalue weighted by Gasteiger charge is -1.90. The van der Waals surface area contributed by atoms with E-state index in [1.165, 1.54) is 16.9 Å². The van der Waals surface area contributed by atoms with Crippen molar-refractivity contribution in [2.45, 2.75) is 6.92 Å². The summed E-state index contributed by atoms with van der Waals surface area (Å²) in [4.78, 5) is 3.92. The molecule has 62 valence electrons. The number of rotatable bonds is 0. The van der Waals surface area contributed by atoms with Crippen LogP contribution in [0.1, 0.15) is 5.69 Å². The van der Waals surface area contributed by atoms with E-state index in [4.69, 9.17) is 0 Å². The summed E-state index contributed by atoms with van der Waals surface area (Å²) < 4.78 is 15.1. The molecule has 5 heteroatoms. The molecule has 0 radical (unpaired) electrons. The monoisotopic (exact) mass is 277 g/mol. The Labute approximate surface area is 81.7 Å². The number of aromatic nitrogens is 3. The smallest absolute Gasteiger partial charge is 0.168 e. The van der Waals surface area contributed by atoms with Crippen molar-refractivity contribution < 1.29 is 4.39 Å². The van der Waals surface area contributed by atoms with Crippen molar-refractivity contribution in [3.8, 4) is 0 Å². The molecule has 0 bridgehead atoms. The molecule has 0 saturated heterocycles. The van der Waals surface area contributed by atoms with E-state index in [2.05, 4.69) is 32.7 Å². The van der Waals surface area contributed by atoms with Crippen molar-refractivity contribution >= 4 is 28.2 Å². The van der Waals surface area contributed by atoms with E-state index in [0.717, 1.165) is 9.26 Å². The minimum atomic E-state index is -0.374. The van der Waals surface area contributed by atoms with Gasteiger partial charge in [-0.25, -0.2) is 13.9 Å². The summed E-state index contributed by atoms with van der Waals surface area (Å²) in [5.74, 6) is -0.374. The third-order valence-corrected chi connectivity index (χ3v) is 2.81. The second-order valence-corrected chi connectivity index (χ2v) is 3.52. The predicted molar refractivity (Wildman–Crippen MR) is 50.4 cm³/mol. The van der Waals surface area contributed by atoms with Gasteiger partial charge < -0.3 is 0 Å². The van der Waals surface area contributed by atoms with Gasteiger partial charge in [0.05, 0.1) is 21.7 Å². The number of aryl methyl sites for hydroxylation is 1. The summed E-state index contributed by atoms with van der Waals surface area (Å²) in [6, 6.07) is 0. The highest BCUT2D eigenvalue weighted by Gasteiger charge is 2.06. The fraction of sp³-hybridized carbons (Fsp3) is 0.143. The van der Waals surface area contributed by atoms with Crippen molar-refractivity contribution in [3.63, 3.8) is 0 Å². The van der Waals surface area contributed by atoms with E-state index in [0.29, 0.717) is 5.65 Å². The maximum absolute atomic E-state index is 12.7. The van der Waals surface area contributed by atoms with E-state index < -0.39 is 0 Å². The molecule has 0 amide bonds. The van der Waals surface area contributed by atoms with E-state index >= 15 is 0 Å². The second-order valence-electron chi connectivity index (χ2n) is 2.44. The van der Waals surface area contributed by atoms with Crippen molar-refractivity contribution in [1.29, 1.82) is 0 Å². The largest absolute Gasteiger partial charge is 0.233 e. The first-order valence-corrected chi connectivity index (χ1v) is 4.42. The summed E-state index contributed by atoms with van der Waals surface area (Å²) in [7, 11) is 0. The van der Waals surface area contributed by atoms with E-state index in [9.17, 15) is 4.39 Å².